The number of esters is 1. The van der Waals surface area contributed by atoms with Gasteiger partial charge in [-0.15, -0.1) is 0 Å². The van der Waals surface area contributed by atoms with Crippen LogP contribution in [0.25, 0.3) is 10.9 Å². The fourth-order valence-corrected chi connectivity index (χ4v) is 2.30. The number of ether oxygens (including phenoxy) is 1. The molecule has 5 nitrogen and oxygen atoms in total. The number of carbonyl (C=O) groups is 2. The van der Waals surface area contributed by atoms with E-state index in [0.29, 0.717) is 11.3 Å². The molecule has 0 spiro atoms. The highest BCUT2D eigenvalue weighted by atomic mass is 19.1. The monoisotopic (exact) mass is 326 g/mol. The molecule has 6 heteroatoms. The minimum absolute atomic E-state index is 0.368. The maximum absolute atomic E-state index is 12.9. The third kappa shape index (κ3) is 3.27. The number of halogens is 1. The minimum atomic E-state index is -0.990. The predicted octanol–water partition coefficient (Wildman–Crippen LogP) is 3.49. The van der Waals surface area contributed by atoms with Gasteiger partial charge in [0.1, 0.15) is 5.82 Å². The summed E-state index contributed by atoms with van der Waals surface area (Å²) in [5, 5.41) is 3.30. The lowest BCUT2D eigenvalue weighted by Gasteiger charge is -2.13. The summed E-state index contributed by atoms with van der Waals surface area (Å²) in [5.41, 5.74) is 1.61. The van der Waals surface area contributed by atoms with Crippen LogP contribution >= 0.6 is 0 Å². The van der Waals surface area contributed by atoms with Crippen LogP contribution in [0.4, 0.5) is 10.1 Å². The Morgan fingerprint density at radius 3 is 2.58 bits per heavy atom. The number of benzene rings is 2. The molecule has 0 saturated heterocycles. The molecule has 0 unspecified atom stereocenters. The number of carbonyl (C=O) groups excluding carboxylic acids is 2. The third-order valence-corrected chi connectivity index (χ3v) is 3.57. The van der Waals surface area contributed by atoms with E-state index in [4.69, 9.17) is 4.74 Å². The Morgan fingerprint density at radius 2 is 1.83 bits per heavy atom. The largest absolute Gasteiger partial charge is 0.449 e. The van der Waals surface area contributed by atoms with E-state index in [1.54, 1.807) is 12.3 Å². The summed E-state index contributed by atoms with van der Waals surface area (Å²) < 4.78 is 18.1. The molecule has 0 aliphatic rings. The maximum atomic E-state index is 12.9. The highest BCUT2D eigenvalue weighted by molar-refractivity contribution is 6.05. The molecule has 0 aliphatic heterocycles. The first-order chi connectivity index (χ1) is 11.5. The SMILES string of the molecule is C[C@H](OC(=O)c1c[nH]c2ccccc12)C(=O)Nc1ccc(F)cc1. The van der Waals surface area contributed by atoms with Crippen LogP contribution in [0.5, 0.6) is 0 Å². The van der Waals surface area contributed by atoms with Gasteiger partial charge in [-0.1, -0.05) is 18.2 Å². The number of para-hydroxylation sites is 1. The van der Waals surface area contributed by atoms with Crippen LogP contribution in [0.15, 0.2) is 54.7 Å². The summed E-state index contributed by atoms with van der Waals surface area (Å²) in [6.45, 7) is 1.48. The molecule has 0 radical (unpaired) electrons. The van der Waals surface area contributed by atoms with Gasteiger partial charge < -0.3 is 15.0 Å². The van der Waals surface area contributed by atoms with E-state index in [-0.39, 0.29) is 0 Å². The van der Waals surface area contributed by atoms with Gasteiger partial charge in [-0.25, -0.2) is 9.18 Å². The van der Waals surface area contributed by atoms with Crippen LogP contribution in [0.1, 0.15) is 17.3 Å². The van der Waals surface area contributed by atoms with E-state index in [1.165, 1.54) is 31.2 Å². The average Bonchev–Trinajstić information content (AvgIpc) is 3.01. The number of anilines is 1. The van der Waals surface area contributed by atoms with Crippen molar-refractivity contribution in [1.82, 2.24) is 4.98 Å². The Balaban J connectivity index is 1.67. The van der Waals surface area contributed by atoms with E-state index in [1.807, 2.05) is 18.2 Å². The predicted molar refractivity (Wildman–Crippen MR) is 88.2 cm³/mol. The summed E-state index contributed by atoms with van der Waals surface area (Å²) >= 11 is 0. The highest BCUT2D eigenvalue weighted by Crippen LogP contribution is 2.19. The molecule has 2 aromatic carbocycles. The maximum Gasteiger partial charge on any atom is 0.341 e. The highest BCUT2D eigenvalue weighted by Gasteiger charge is 2.21. The number of hydrogen-bond donors (Lipinski definition) is 2. The molecular weight excluding hydrogens is 311 g/mol. The van der Waals surface area contributed by atoms with Crippen molar-refractivity contribution < 1.29 is 18.7 Å². The molecule has 0 aliphatic carbocycles. The second-order valence-electron chi connectivity index (χ2n) is 5.29. The number of aromatic nitrogens is 1. The van der Waals surface area contributed by atoms with Crippen molar-refractivity contribution >= 4 is 28.5 Å². The summed E-state index contributed by atoms with van der Waals surface area (Å²) in [6.07, 6.45) is 0.564. The van der Waals surface area contributed by atoms with E-state index < -0.39 is 23.8 Å². The molecule has 3 aromatic rings. The van der Waals surface area contributed by atoms with Gasteiger partial charge in [-0.3, -0.25) is 4.79 Å². The molecule has 24 heavy (non-hydrogen) atoms. The number of amides is 1. The van der Waals surface area contributed by atoms with Gasteiger partial charge in [-0.2, -0.15) is 0 Å². The Bertz CT molecular complexity index is 887. The van der Waals surface area contributed by atoms with Crippen molar-refractivity contribution in [3.8, 4) is 0 Å². The number of nitrogens with one attached hydrogen (secondary N) is 2. The number of hydrogen-bond acceptors (Lipinski definition) is 3. The molecular formula is C18H15FN2O3. The first-order valence-electron chi connectivity index (χ1n) is 7.38. The summed E-state index contributed by atoms with van der Waals surface area (Å²) in [7, 11) is 0. The van der Waals surface area contributed by atoms with Gasteiger partial charge >= 0.3 is 5.97 Å². The summed E-state index contributed by atoms with van der Waals surface area (Å²) in [6, 6.07) is 12.6. The molecule has 0 bridgehead atoms. The van der Waals surface area contributed by atoms with Crippen LogP contribution < -0.4 is 5.32 Å². The third-order valence-electron chi connectivity index (χ3n) is 3.57. The van der Waals surface area contributed by atoms with Gasteiger partial charge in [0.05, 0.1) is 5.56 Å². The Morgan fingerprint density at radius 1 is 1.12 bits per heavy atom. The van der Waals surface area contributed by atoms with Gasteiger partial charge in [0.25, 0.3) is 5.91 Å². The van der Waals surface area contributed by atoms with Crippen LogP contribution in [0.3, 0.4) is 0 Å². The molecule has 1 heterocycles. The van der Waals surface area contributed by atoms with Gasteiger partial charge in [-0.05, 0) is 37.3 Å². The number of aromatic amines is 1. The quantitative estimate of drug-likeness (QED) is 0.721. The lowest BCUT2D eigenvalue weighted by Crippen LogP contribution is -2.29. The van der Waals surface area contributed by atoms with Gasteiger partial charge in [0, 0.05) is 22.8 Å². The second-order valence-corrected chi connectivity index (χ2v) is 5.29. The van der Waals surface area contributed by atoms with Crippen molar-refractivity contribution in [3.63, 3.8) is 0 Å². The van der Waals surface area contributed by atoms with Crippen LogP contribution in [0, 0.1) is 5.82 Å². The van der Waals surface area contributed by atoms with Crippen molar-refractivity contribution in [1.29, 1.82) is 0 Å². The van der Waals surface area contributed by atoms with E-state index in [9.17, 15) is 14.0 Å². The Kier molecular flexibility index (Phi) is 4.29. The Labute approximate surface area is 137 Å². The molecule has 3 rings (SSSR count). The van der Waals surface area contributed by atoms with Crippen molar-refractivity contribution in [2.24, 2.45) is 0 Å². The van der Waals surface area contributed by atoms with E-state index >= 15 is 0 Å². The first kappa shape index (κ1) is 15.7. The van der Waals surface area contributed by atoms with Gasteiger partial charge in [0.15, 0.2) is 6.10 Å². The molecule has 122 valence electrons. The molecule has 1 aromatic heterocycles. The van der Waals surface area contributed by atoms with Crippen molar-refractivity contribution in [3.05, 3.63) is 66.1 Å². The van der Waals surface area contributed by atoms with E-state index in [2.05, 4.69) is 10.3 Å². The molecule has 1 amide bonds. The topological polar surface area (TPSA) is 71.2 Å². The van der Waals surface area contributed by atoms with Gasteiger partial charge in [0.2, 0.25) is 0 Å². The number of fused-ring (bicyclic) bond motifs is 1. The average molecular weight is 326 g/mol. The minimum Gasteiger partial charge on any atom is -0.449 e. The summed E-state index contributed by atoms with van der Waals surface area (Å²) in [5.74, 6) is -1.48. The lowest BCUT2D eigenvalue weighted by molar-refractivity contribution is -0.123. The fraction of sp³-hybridized carbons (Fsp3) is 0.111. The Hall–Kier alpha value is -3.15. The van der Waals surface area contributed by atoms with Crippen molar-refractivity contribution in [2.45, 2.75) is 13.0 Å². The molecule has 2 N–H and O–H groups in total. The van der Waals surface area contributed by atoms with Crippen LogP contribution in [-0.2, 0) is 9.53 Å². The lowest BCUT2D eigenvalue weighted by atomic mass is 10.2. The number of rotatable bonds is 4. The zero-order chi connectivity index (χ0) is 17.1. The van der Waals surface area contributed by atoms with E-state index in [0.717, 1.165) is 10.9 Å². The van der Waals surface area contributed by atoms with Crippen molar-refractivity contribution in [2.75, 3.05) is 5.32 Å². The molecule has 0 saturated carbocycles. The zero-order valence-corrected chi connectivity index (χ0v) is 12.9. The molecule has 1 atom stereocenters. The summed E-state index contributed by atoms with van der Waals surface area (Å²) in [4.78, 5) is 27.3. The number of H-pyrrole nitrogens is 1. The smallest absolute Gasteiger partial charge is 0.341 e. The van der Waals surface area contributed by atoms with Crippen LogP contribution in [0.2, 0.25) is 0 Å². The van der Waals surface area contributed by atoms with Crippen LogP contribution in [-0.4, -0.2) is 23.0 Å². The second kappa shape index (κ2) is 6.54. The normalized spacial score (nSPS) is 11.9. The fourth-order valence-electron chi connectivity index (χ4n) is 2.30. The standard InChI is InChI=1S/C18H15FN2O3/c1-11(17(22)21-13-8-6-12(19)7-9-13)24-18(23)15-10-20-16-5-3-2-4-14(15)16/h2-11,20H,1H3,(H,21,22)/t11-/m0/s1. The molecule has 0 fully saturated rings. The first-order valence-corrected chi connectivity index (χ1v) is 7.38. The zero-order valence-electron chi connectivity index (χ0n) is 12.9.